The lowest BCUT2D eigenvalue weighted by molar-refractivity contribution is -0.133. The number of phenols is 1. The summed E-state index contributed by atoms with van der Waals surface area (Å²) in [5, 5.41) is 17.2. The monoisotopic (exact) mass is 615 g/mol. The predicted molar refractivity (Wildman–Crippen MR) is 164 cm³/mol. The van der Waals surface area contributed by atoms with Crippen molar-refractivity contribution in [1.29, 1.82) is 0 Å². The first-order chi connectivity index (χ1) is 20.2. The number of benzene rings is 2. The Morgan fingerprint density at radius 2 is 1.49 bits per heavy atom. The summed E-state index contributed by atoms with van der Waals surface area (Å²) in [5.41, 5.74) is 2.23. The van der Waals surface area contributed by atoms with Crippen LogP contribution in [0.5, 0.6) is 5.75 Å². The van der Waals surface area contributed by atoms with E-state index in [0.29, 0.717) is 17.5 Å². The van der Waals surface area contributed by atoms with Gasteiger partial charge in [-0.05, 0) is 44.4 Å². The fraction of sp³-hybridized carbons (Fsp3) is 0.433. The minimum Gasteiger partial charge on any atom is -0.508 e. The summed E-state index contributed by atoms with van der Waals surface area (Å²) in [6, 6.07) is 11.1. The van der Waals surface area contributed by atoms with E-state index in [1.807, 2.05) is 6.92 Å². The van der Waals surface area contributed by atoms with Crippen LogP contribution < -0.4 is 27.2 Å². The molecule has 2 aromatic rings. The second kappa shape index (κ2) is 16.5. The average Bonchev–Trinajstić information content (AvgIpc) is 2.97. The molecule has 234 valence electrons. The van der Waals surface area contributed by atoms with Gasteiger partial charge in [0.15, 0.2) is 0 Å². The highest BCUT2D eigenvalue weighted by atomic mass is 32.2. The van der Waals surface area contributed by atoms with Gasteiger partial charge in [0, 0.05) is 17.7 Å². The van der Waals surface area contributed by atoms with Gasteiger partial charge in [0.25, 0.3) is 5.91 Å². The highest BCUT2D eigenvalue weighted by Crippen LogP contribution is 2.16. The summed E-state index contributed by atoms with van der Waals surface area (Å²) in [7, 11) is 0. The lowest BCUT2D eigenvalue weighted by atomic mass is 9.97. The van der Waals surface area contributed by atoms with Gasteiger partial charge < -0.3 is 25.8 Å². The summed E-state index contributed by atoms with van der Waals surface area (Å²) in [4.78, 5) is 64.9. The molecule has 4 amide bonds. The zero-order chi connectivity index (χ0) is 32.2. The predicted octanol–water partition coefficient (Wildman–Crippen LogP) is 2.41. The molecule has 0 aliphatic carbocycles. The fourth-order valence-electron chi connectivity index (χ4n) is 3.84. The van der Waals surface area contributed by atoms with Crippen LogP contribution in [0.15, 0.2) is 54.6 Å². The maximum atomic E-state index is 13.6. The van der Waals surface area contributed by atoms with Crippen LogP contribution in [0.2, 0.25) is 0 Å². The number of aromatic hydroxyl groups is 1. The van der Waals surface area contributed by atoms with Gasteiger partial charge in [-0.3, -0.25) is 24.6 Å². The number of hydrazine groups is 1. The molecule has 0 fully saturated rings. The molecule has 2 aromatic carbocycles. The number of alkyl carbamates (subject to hydrolysis) is 1. The summed E-state index contributed by atoms with van der Waals surface area (Å²) in [6.07, 6.45) is -0.330. The van der Waals surface area contributed by atoms with Crippen molar-refractivity contribution in [2.75, 3.05) is 5.75 Å². The second-order valence-corrected chi connectivity index (χ2v) is 12.0. The Labute approximate surface area is 255 Å². The van der Waals surface area contributed by atoms with E-state index in [1.54, 1.807) is 70.2 Å². The van der Waals surface area contributed by atoms with Gasteiger partial charge in [-0.15, -0.1) is 0 Å². The van der Waals surface area contributed by atoms with Crippen LogP contribution in [0.1, 0.15) is 57.0 Å². The van der Waals surface area contributed by atoms with E-state index in [9.17, 15) is 29.1 Å². The van der Waals surface area contributed by atoms with Crippen LogP contribution in [-0.2, 0) is 25.5 Å². The van der Waals surface area contributed by atoms with E-state index in [0.717, 1.165) is 11.8 Å². The Morgan fingerprint density at radius 3 is 2.05 bits per heavy atom. The van der Waals surface area contributed by atoms with Gasteiger partial charge in [-0.25, -0.2) is 10.6 Å². The Kier molecular flexibility index (Phi) is 13.5. The highest BCUT2D eigenvalue weighted by molar-refractivity contribution is 8.14. The molecule has 7 N–H and O–H groups in total. The Hall–Kier alpha value is -4.10. The third-order valence-corrected chi connectivity index (χ3v) is 7.34. The van der Waals surface area contributed by atoms with Crippen molar-refractivity contribution >= 4 is 40.7 Å². The van der Waals surface area contributed by atoms with Gasteiger partial charge >= 0.3 is 6.09 Å². The number of hydrogen-bond acceptors (Lipinski definition) is 9. The molecule has 0 unspecified atom stereocenters. The summed E-state index contributed by atoms with van der Waals surface area (Å²) in [6.45, 7) is 8.62. The van der Waals surface area contributed by atoms with Crippen LogP contribution in [0.3, 0.4) is 0 Å². The molecular weight excluding hydrogens is 574 g/mol. The van der Waals surface area contributed by atoms with Crippen molar-refractivity contribution < 1.29 is 33.8 Å². The number of phenolic OH excluding ortho intramolecular Hbond substituents is 1. The van der Waals surface area contributed by atoms with Crippen molar-refractivity contribution in [2.24, 2.45) is 11.8 Å². The zero-order valence-electron chi connectivity index (χ0n) is 25.0. The van der Waals surface area contributed by atoms with Crippen molar-refractivity contribution in [3.8, 4) is 5.75 Å². The number of carbonyl (C=O) groups excluding carboxylic acids is 5. The average molecular weight is 616 g/mol. The minimum atomic E-state index is -1.26. The van der Waals surface area contributed by atoms with Crippen LogP contribution in [0, 0.1) is 5.92 Å². The SMILES string of the molecule is CC[C@H](C)[C@H](NC(=O)[C@H](Cc1ccc(O)cc1)NC(=O)[C@H](CSC(=O)c1ccccc1)NC(=O)OC(C)(C)C)C(=O)NN. The molecule has 0 radical (unpaired) electrons. The smallest absolute Gasteiger partial charge is 0.408 e. The molecule has 12 nitrogen and oxygen atoms in total. The first-order valence-electron chi connectivity index (χ1n) is 13.8. The van der Waals surface area contributed by atoms with Crippen molar-refractivity contribution in [1.82, 2.24) is 21.4 Å². The fourth-order valence-corrected chi connectivity index (χ4v) is 4.70. The maximum Gasteiger partial charge on any atom is 0.408 e. The van der Waals surface area contributed by atoms with Crippen LogP contribution in [-0.4, -0.2) is 63.5 Å². The zero-order valence-corrected chi connectivity index (χ0v) is 25.8. The summed E-state index contributed by atoms with van der Waals surface area (Å²) < 4.78 is 5.32. The van der Waals surface area contributed by atoms with E-state index >= 15 is 0 Å². The third-order valence-electron chi connectivity index (χ3n) is 6.34. The number of thioether (sulfide) groups is 1. The van der Waals surface area contributed by atoms with E-state index in [2.05, 4.69) is 21.4 Å². The molecule has 43 heavy (non-hydrogen) atoms. The number of rotatable bonds is 13. The molecule has 4 atom stereocenters. The van der Waals surface area contributed by atoms with E-state index in [1.165, 1.54) is 12.1 Å². The quantitative estimate of drug-likeness (QED) is 0.112. The minimum absolute atomic E-state index is 0.00936. The molecular formula is C30H41N5O7S. The van der Waals surface area contributed by atoms with Gasteiger partial charge in [0.1, 0.15) is 29.5 Å². The Bertz CT molecular complexity index is 1250. The number of ether oxygens (including phenoxy) is 1. The van der Waals surface area contributed by atoms with Crippen LogP contribution in [0.4, 0.5) is 4.79 Å². The van der Waals surface area contributed by atoms with Crippen LogP contribution >= 0.6 is 11.8 Å². The maximum absolute atomic E-state index is 13.6. The molecule has 0 saturated heterocycles. The number of carbonyl (C=O) groups is 5. The molecule has 2 rings (SSSR count). The number of amides is 4. The highest BCUT2D eigenvalue weighted by Gasteiger charge is 2.32. The van der Waals surface area contributed by atoms with Crippen molar-refractivity contribution in [3.63, 3.8) is 0 Å². The third kappa shape index (κ3) is 12.0. The molecule has 0 aliphatic heterocycles. The van der Waals surface area contributed by atoms with E-state index in [-0.39, 0.29) is 29.0 Å². The Balaban J connectivity index is 2.33. The Morgan fingerprint density at radius 1 is 0.884 bits per heavy atom. The molecule has 0 spiro atoms. The number of hydrogen-bond donors (Lipinski definition) is 6. The topological polar surface area (TPSA) is 189 Å². The molecule has 0 heterocycles. The molecule has 0 bridgehead atoms. The first-order valence-corrected chi connectivity index (χ1v) is 14.8. The standard InChI is InChI=1S/C30H41N5O7S/c1-6-18(2)24(27(39)35-31)34-25(37)22(16-19-12-14-21(36)15-13-19)32-26(38)23(33-29(41)42-30(3,4)5)17-43-28(40)20-10-8-7-9-11-20/h7-15,18,22-24,36H,6,16-17,31H2,1-5H3,(H,32,38)(H,33,41)(H,34,37)(H,35,39)/t18-,22-,23-,24-/m0/s1. The van der Waals surface area contributed by atoms with Gasteiger partial charge in [-0.1, -0.05) is 74.5 Å². The van der Waals surface area contributed by atoms with E-state index < -0.39 is 47.5 Å². The second-order valence-electron chi connectivity index (χ2n) is 11.0. The summed E-state index contributed by atoms with van der Waals surface area (Å²) >= 11 is 0.826. The van der Waals surface area contributed by atoms with E-state index in [4.69, 9.17) is 10.6 Å². The number of nitrogens with one attached hydrogen (secondary N) is 4. The molecule has 13 heteroatoms. The van der Waals surface area contributed by atoms with Crippen molar-refractivity contribution in [3.05, 3.63) is 65.7 Å². The van der Waals surface area contributed by atoms with Gasteiger partial charge in [0.05, 0.1) is 0 Å². The van der Waals surface area contributed by atoms with Gasteiger partial charge in [0.2, 0.25) is 16.9 Å². The normalized spacial score (nSPS) is 13.9. The molecule has 0 saturated carbocycles. The molecule has 0 aliphatic rings. The lowest BCUT2D eigenvalue weighted by Crippen LogP contribution is -2.59. The van der Waals surface area contributed by atoms with Crippen LogP contribution in [0.25, 0.3) is 0 Å². The van der Waals surface area contributed by atoms with Gasteiger partial charge in [-0.2, -0.15) is 0 Å². The van der Waals surface area contributed by atoms with Crippen molar-refractivity contribution in [2.45, 2.75) is 71.2 Å². The summed E-state index contributed by atoms with van der Waals surface area (Å²) in [5.74, 6) is 2.91. The molecule has 0 aromatic heterocycles. The number of nitrogens with two attached hydrogens (primary N) is 1. The largest absolute Gasteiger partial charge is 0.508 e. The lowest BCUT2D eigenvalue weighted by Gasteiger charge is -2.27. The first kappa shape index (κ1) is 35.1.